The summed E-state index contributed by atoms with van der Waals surface area (Å²) in [5.74, 6) is -1.86. The number of benzene rings is 4. The fourth-order valence-corrected chi connectivity index (χ4v) is 8.43. The van der Waals surface area contributed by atoms with Crippen LogP contribution in [0.3, 0.4) is 0 Å². The number of aliphatic hydroxyl groups excluding tert-OH is 1. The van der Waals surface area contributed by atoms with Crippen LogP contribution in [-0.2, 0) is 44.4 Å². The summed E-state index contributed by atoms with van der Waals surface area (Å²) >= 11 is 0. The van der Waals surface area contributed by atoms with Gasteiger partial charge in [0.05, 0.1) is 46.0 Å². The van der Waals surface area contributed by atoms with Gasteiger partial charge in [0.15, 0.2) is 17.5 Å². The highest BCUT2D eigenvalue weighted by molar-refractivity contribution is 5.78. The Balaban J connectivity index is 1.16. The fraction of sp³-hybridized carbons (Fsp3) is 0.390. The number of carbonyl (C=O) groups is 1. The van der Waals surface area contributed by atoms with Gasteiger partial charge in [-0.1, -0.05) is 54.6 Å². The molecule has 290 valence electrons. The van der Waals surface area contributed by atoms with Gasteiger partial charge >= 0.3 is 5.97 Å². The van der Waals surface area contributed by atoms with Crippen molar-refractivity contribution in [1.82, 2.24) is 0 Å². The number of aliphatic hydroxyl groups is 2. The van der Waals surface area contributed by atoms with Crippen LogP contribution in [0.15, 0.2) is 91.0 Å². The van der Waals surface area contributed by atoms with Crippen LogP contribution >= 0.6 is 0 Å². The number of anilines is 1. The number of rotatable bonds is 10. The number of esters is 1. The number of carbonyl (C=O) groups excluding carboxylic acids is 1. The van der Waals surface area contributed by atoms with Crippen LogP contribution in [0.5, 0.6) is 23.0 Å². The first-order valence-electron chi connectivity index (χ1n) is 17.8. The number of hydrogen-bond acceptors (Lipinski definition) is 14. The van der Waals surface area contributed by atoms with E-state index in [-0.39, 0.29) is 36.0 Å². The first-order valence-corrected chi connectivity index (χ1v) is 17.8. The van der Waals surface area contributed by atoms with Crippen LogP contribution in [0.25, 0.3) is 0 Å². The van der Waals surface area contributed by atoms with Crippen LogP contribution in [-0.4, -0.2) is 88.7 Å². The average Bonchev–Trinajstić information content (AvgIpc) is 3.87. The Bertz CT molecular complexity index is 2000. The number of ether oxygens (including phenoxy) is 10. The summed E-state index contributed by atoms with van der Waals surface area (Å²) in [6, 6.07) is 26.4. The molecule has 0 aromatic heterocycles. The number of nitrogen functional groups attached to an aromatic ring is 1. The zero-order valence-electron chi connectivity index (χ0n) is 30.7. The van der Waals surface area contributed by atoms with Crippen LogP contribution < -0.4 is 24.7 Å². The van der Waals surface area contributed by atoms with Crippen molar-refractivity contribution < 1.29 is 62.4 Å². The number of hydrogen-bond donors (Lipinski definition) is 3. The van der Waals surface area contributed by atoms with Crippen molar-refractivity contribution in [3.05, 3.63) is 113 Å². The van der Waals surface area contributed by atoms with E-state index in [1.807, 2.05) is 42.5 Å². The Hall–Kier alpha value is -4.93. The lowest BCUT2D eigenvalue weighted by Gasteiger charge is -2.40. The number of methoxy groups -OCH3 is 4. The summed E-state index contributed by atoms with van der Waals surface area (Å²) in [6.45, 7) is 0.395. The predicted molar refractivity (Wildman–Crippen MR) is 193 cm³/mol. The maximum Gasteiger partial charge on any atom is 0.312 e. The van der Waals surface area contributed by atoms with E-state index >= 15 is 0 Å². The molecule has 8 rings (SSSR count). The molecular formula is C41H43NO13. The van der Waals surface area contributed by atoms with Crippen molar-refractivity contribution in [3.63, 3.8) is 0 Å². The quantitative estimate of drug-likeness (QED) is 0.157. The second-order valence-corrected chi connectivity index (χ2v) is 13.8. The van der Waals surface area contributed by atoms with Gasteiger partial charge in [0.25, 0.3) is 6.29 Å². The van der Waals surface area contributed by atoms with Crippen LogP contribution in [0.4, 0.5) is 5.69 Å². The summed E-state index contributed by atoms with van der Waals surface area (Å²) in [6.07, 6.45) is -5.40. The molecule has 10 atom stereocenters. The van der Waals surface area contributed by atoms with Gasteiger partial charge in [0.2, 0.25) is 6.29 Å². The van der Waals surface area contributed by atoms with Crippen molar-refractivity contribution >= 4 is 11.7 Å². The molecule has 4 aromatic carbocycles. The van der Waals surface area contributed by atoms with Gasteiger partial charge in [0.1, 0.15) is 41.3 Å². The zero-order chi connectivity index (χ0) is 38.5. The van der Waals surface area contributed by atoms with Crippen molar-refractivity contribution in [1.29, 1.82) is 0 Å². The molecule has 3 fully saturated rings. The van der Waals surface area contributed by atoms with Crippen molar-refractivity contribution in [3.8, 4) is 23.0 Å². The lowest BCUT2D eigenvalue weighted by molar-refractivity contribution is -0.323. The Morgan fingerprint density at radius 2 is 1.51 bits per heavy atom. The van der Waals surface area contributed by atoms with Crippen LogP contribution in [0, 0.1) is 5.92 Å². The van der Waals surface area contributed by atoms with E-state index < -0.39 is 66.2 Å². The molecule has 4 aliphatic rings. The van der Waals surface area contributed by atoms with Gasteiger partial charge in [0, 0.05) is 36.4 Å². The first kappa shape index (κ1) is 37.0. The minimum atomic E-state index is -2.24. The second-order valence-electron chi connectivity index (χ2n) is 13.8. The van der Waals surface area contributed by atoms with E-state index in [4.69, 9.17) is 53.1 Å². The molecule has 0 radical (unpaired) electrons. The van der Waals surface area contributed by atoms with Gasteiger partial charge in [-0.15, -0.1) is 0 Å². The van der Waals surface area contributed by atoms with Gasteiger partial charge in [-0.25, -0.2) is 0 Å². The molecule has 4 aromatic rings. The Labute approximate surface area is 317 Å². The monoisotopic (exact) mass is 757 g/mol. The third kappa shape index (κ3) is 5.96. The average molecular weight is 758 g/mol. The molecule has 3 aliphatic heterocycles. The molecule has 55 heavy (non-hydrogen) atoms. The molecule has 14 nitrogen and oxygen atoms in total. The molecule has 14 heteroatoms. The lowest BCUT2D eigenvalue weighted by atomic mass is 9.70. The molecular weight excluding hydrogens is 714 g/mol. The van der Waals surface area contributed by atoms with Gasteiger partial charge < -0.3 is 63.3 Å². The topological polar surface area (TPSA) is 176 Å². The van der Waals surface area contributed by atoms with E-state index in [0.717, 1.165) is 5.56 Å². The molecule has 2 unspecified atom stereocenters. The summed E-state index contributed by atoms with van der Waals surface area (Å²) in [5.41, 5.74) is 4.50. The van der Waals surface area contributed by atoms with Gasteiger partial charge in [-0.2, -0.15) is 0 Å². The third-order valence-corrected chi connectivity index (χ3v) is 11.0. The predicted octanol–water partition coefficient (Wildman–Crippen LogP) is 3.92. The Morgan fingerprint density at radius 3 is 2.18 bits per heavy atom. The Kier molecular flexibility index (Phi) is 9.84. The normalized spacial score (nSPS) is 32.3. The number of nitrogens with two attached hydrogens (primary N) is 1. The summed E-state index contributed by atoms with van der Waals surface area (Å²) in [4.78, 5) is 13.6. The highest BCUT2D eigenvalue weighted by atomic mass is 16.8. The first-order chi connectivity index (χ1) is 26.7. The summed E-state index contributed by atoms with van der Waals surface area (Å²) in [5, 5.41) is 25.4. The molecule has 3 heterocycles. The molecule has 0 amide bonds. The maximum atomic E-state index is 13.6. The van der Waals surface area contributed by atoms with E-state index in [0.29, 0.717) is 22.6 Å². The molecule has 0 spiro atoms. The molecule has 4 N–H and O–H groups in total. The third-order valence-electron chi connectivity index (χ3n) is 11.0. The van der Waals surface area contributed by atoms with E-state index in [9.17, 15) is 15.0 Å². The van der Waals surface area contributed by atoms with Crippen molar-refractivity contribution in [2.24, 2.45) is 5.92 Å². The SMILES string of the molecule is COC(=O)[C@H]1[C@@H](O)[C@@]2(O)c3c(OC)cc(OC4O[C@@H]([C@H]5COC(c6ccc(N)cc6)O5)CO[C@H]4OC)cc3O[C@@]2(c2ccc(OC)cc2)[C@@H]1c1ccccc1. The summed E-state index contributed by atoms with van der Waals surface area (Å²) in [7, 11) is 5.68. The van der Waals surface area contributed by atoms with E-state index in [2.05, 4.69) is 0 Å². The van der Waals surface area contributed by atoms with Gasteiger partial charge in [-0.05, 0) is 35.4 Å². The standard InChI is InChI=1S/C41H43NO13/c1-46-26-16-12-24(13-17-26)41-33(22-8-6-5-7-9-22)32(36(44)48-3)35(43)40(41,45)34-28(47-2)18-27(19-29(34)55-41)52-39-38(49-4)51-21-31(54-39)30-20-50-37(53-30)23-10-14-25(42)15-11-23/h5-19,30-33,35,37-39,43,45H,20-21,42H2,1-4H3/t30-,31-,32-,33-,35-,37?,38-,39?,40+,41+/m1/s1. The minimum Gasteiger partial charge on any atom is -0.497 e. The molecule has 1 aliphatic carbocycles. The maximum absolute atomic E-state index is 13.6. The second kappa shape index (κ2) is 14.6. The highest BCUT2D eigenvalue weighted by Crippen LogP contribution is 2.70. The van der Waals surface area contributed by atoms with Gasteiger partial charge in [-0.3, -0.25) is 4.79 Å². The van der Waals surface area contributed by atoms with Crippen LogP contribution in [0.2, 0.25) is 0 Å². The minimum absolute atomic E-state index is 0.128. The fourth-order valence-electron chi connectivity index (χ4n) is 8.43. The molecule has 2 saturated heterocycles. The van der Waals surface area contributed by atoms with E-state index in [1.54, 1.807) is 55.6 Å². The lowest BCUT2D eigenvalue weighted by Crippen LogP contribution is -2.52. The zero-order valence-corrected chi connectivity index (χ0v) is 30.7. The van der Waals surface area contributed by atoms with Crippen LogP contribution in [0.1, 0.15) is 34.5 Å². The number of fused-ring (bicyclic) bond motifs is 3. The Morgan fingerprint density at radius 1 is 0.800 bits per heavy atom. The molecule has 0 bridgehead atoms. The smallest absolute Gasteiger partial charge is 0.312 e. The van der Waals surface area contributed by atoms with E-state index in [1.165, 1.54) is 21.3 Å². The summed E-state index contributed by atoms with van der Waals surface area (Å²) < 4.78 is 60.1. The largest absolute Gasteiger partial charge is 0.497 e. The van der Waals surface area contributed by atoms with Crippen molar-refractivity contribution in [2.45, 2.75) is 54.3 Å². The molecule has 1 saturated carbocycles. The van der Waals surface area contributed by atoms with Crippen molar-refractivity contribution in [2.75, 3.05) is 47.4 Å². The highest BCUT2D eigenvalue weighted by Gasteiger charge is 2.78.